The molecule has 0 aliphatic carbocycles. The number of esters is 1. The average Bonchev–Trinajstić information content (AvgIpc) is 2.71. The van der Waals surface area contributed by atoms with E-state index < -0.39 is 16.0 Å². The summed E-state index contributed by atoms with van der Waals surface area (Å²) in [6, 6.07) is 14.8. The van der Waals surface area contributed by atoms with Crippen LogP contribution in [0.1, 0.15) is 36.2 Å². The fraction of sp³-hybridized carbons (Fsp3) is 0.238. The maximum Gasteiger partial charge on any atom is 0.338 e. The fourth-order valence-electron chi connectivity index (χ4n) is 2.24. The third-order valence-corrected chi connectivity index (χ3v) is 4.99. The summed E-state index contributed by atoms with van der Waals surface area (Å²) >= 11 is 0. The lowest BCUT2D eigenvalue weighted by Gasteiger charge is -2.11. The van der Waals surface area contributed by atoms with Crippen molar-refractivity contribution in [1.29, 1.82) is 0 Å². The maximum atomic E-state index is 12.1. The van der Waals surface area contributed by atoms with E-state index in [0.29, 0.717) is 5.69 Å². The summed E-state index contributed by atoms with van der Waals surface area (Å²) in [6.07, 6.45) is 2.26. The third kappa shape index (κ3) is 7.79. The van der Waals surface area contributed by atoms with Crippen LogP contribution in [-0.4, -0.2) is 32.9 Å². The summed E-state index contributed by atoms with van der Waals surface area (Å²) in [5.74, 6) is -1.04. The van der Waals surface area contributed by atoms with E-state index in [9.17, 15) is 18.0 Å². The van der Waals surface area contributed by atoms with Crippen LogP contribution < -0.4 is 10.0 Å². The van der Waals surface area contributed by atoms with Crippen molar-refractivity contribution < 1.29 is 22.7 Å². The minimum atomic E-state index is -3.70. The van der Waals surface area contributed by atoms with Gasteiger partial charge in [0.1, 0.15) is 0 Å². The van der Waals surface area contributed by atoms with Crippen molar-refractivity contribution in [1.82, 2.24) is 5.32 Å². The Morgan fingerprint density at radius 2 is 1.72 bits per heavy atom. The molecule has 0 bridgehead atoms. The summed E-state index contributed by atoms with van der Waals surface area (Å²) < 4.78 is 31.7. The van der Waals surface area contributed by atoms with Crippen LogP contribution in [0.3, 0.4) is 0 Å². The molecule has 0 heterocycles. The van der Waals surface area contributed by atoms with E-state index in [4.69, 9.17) is 4.74 Å². The lowest BCUT2D eigenvalue weighted by Crippen LogP contribution is -2.35. The van der Waals surface area contributed by atoms with E-state index in [-0.39, 0.29) is 24.1 Å². The van der Waals surface area contributed by atoms with Crippen LogP contribution in [0.2, 0.25) is 0 Å². The van der Waals surface area contributed by atoms with Gasteiger partial charge in [-0.05, 0) is 49.2 Å². The van der Waals surface area contributed by atoms with Crippen molar-refractivity contribution in [2.75, 3.05) is 11.3 Å². The summed E-state index contributed by atoms with van der Waals surface area (Å²) in [7, 11) is -3.70. The Morgan fingerprint density at radius 3 is 2.34 bits per heavy atom. The SMILES string of the molecule is CC[C@H](C)NC(=O)COC(=O)c1ccc(NS(=O)(=O)/C=C/c2ccccc2)cc1. The number of anilines is 1. The Morgan fingerprint density at radius 1 is 1.07 bits per heavy atom. The molecule has 0 fully saturated rings. The first-order valence-corrected chi connectivity index (χ1v) is 10.7. The largest absolute Gasteiger partial charge is 0.452 e. The maximum absolute atomic E-state index is 12.1. The molecule has 1 amide bonds. The minimum Gasteiger partial charge on any atom is -0.452 e. The highest BCUT2D eigenvalue weighted by Gasteiger charge is 2.12. The second kappa shape index (κ2) is 10.4. The first-order valence-electron chi connectivity index (χ1n) is 9.11. The number of hydrogen-bond donors (Lipinski definition) is 2. The highest BCUT2D eigenvalue weighted by Crippen LogP contribution is 2.13. The van der Waals surface area contributed by atoms with Crippen molar-refractivity contribution in [2.45, 2.75) is 26.3 Å². The summed E-state index contributed by atoms with van der Waals surface area (Å²) in [5, 5.41) is 3.77. The molecule has 0 unspecified atom stereocenters. The van der Waals surface area contributed by atoms with Gasteiger partial charge in [-0.15, -0.1) is 0 Å². The first-order chi connectivity index (χ1) is 13.8. The number of carbonyl (C=O) groups excluding carboxylic acids is 2. The van der Waals surface area contributed by atoms with Gasteiger partial charge >= 0.3 is 5.97 Å². The number of carbonyl (C=O) groups is 2. The first kappa shape index (κ1) is 22.2. The van der Waals surface area contributed by atoms with Crippen LogP contribution in [0.5, 0.6) is 0 Å². The zero-order chi connectivity index (χ0) is 21.3. The molecule has 0 spiro atoms. The fourth-order valence-corrected chi connectivity index (χ4v) is 3.11. The molecule has 2 N–H and O–H groups in total. The van der Waals surface area contributed by atoms with Gasteiger partial charge in [0.15, 0.2) is 6.61 Å². The van der Waals surface area contributed by atoms with Crippen molar-refractivity contribution in [3.8, 4) is 0 Å². The van der Waals surface area contributed by atoms with E-state index in [1.165, 1.54) is 30.3 Å². The second-order valence-electron chi connectivity index (χ2n) is 6.39. The smallest absolute Gasteiger partial charge is 0.338 e. The molecule has 0 aliphatic rings. The lowest BCUT2D eigenvalue weighted by atomic mass is 10.2. The summed E-state index contributed by atoms with van der Waals surface area (Å²) in [6.45, 7) is 3.42. The monoisotopic (exact) mass is 416 g/mol. The Balaban J connectivity index is 1.91. The number of amides is 1. The van der Waals surface area contributed by atoms with Gasteiger partial charge in [-0.25, -0.2) is 13.2 Å². The molecule has 154 valence electrons. The number of rotatable bonds is 9. The van der Waals surface area contributed by atoms with E-state index >= 15 is 0 Å². The van der Waals surface area contributed by atoms with Crippen molar-refractivity contribution in [3.05, 3.63) is 71.1 Å². The number of sulfonamides is 1. The van der Waals surface area contributed by atoms with Crippen LogP contribution in [0.15, 0.2) is 60.0 Å². The number of ether oxygens (including phenoxy) is 1. The van der Waals surface area contributed by atoms with Crippen LogP contribution in [0, 0.1) is 0 Å². The lowest BCUT2D eigenvalue weighted by molar-refractivity contribution is -0.124. The van der Waals surface area contributed by atoms with Crippen LogP contribution in [0.4, 0.5) is 5.69 Å². The molecular weight excluding hydrogens is 392 g/mol. The van der Waals surface area contributed by atoms with Gasteiger partial charge in [0.25, 0.3) is 15.9 Å². The van der Waals surface area contributed by atoms with Gasteiger partial charge < -0.3 is 10.1 Å². The Labute approximate surface area is 170 Å². The van der Waals surface area contributed by atoms with Gasteiger partial charge in [-0.2, -0.15) is 0 Å². The van der Waals surface area contributed by atoms with Crippen LogP contribution >= 0.6 is 0 Å². The number of benzene rings is 2. The zero-order valence-electron chi connectivity index (χ0n) is 16.3. The van der Waals surface area contributed by atoms with E-state index in [1.807, 2.05) is 32.0 Å². The van der Waals surface area contributed by atoms with E-state index in [0.717, 1.165) is 17.4 Å². The van der Waals surface area contributed by atoms with Crippen molar-refractivity contribution in [3.63, 3.8) is 0 Å². The average molecular weight is 416 g/mol. The van der Waals surface area contributed by atoms with Crippen molar-refractivity contribution >= 4 is 33.7 Å². The molecule has 0 aromatic heterocycles. The molecule has 2 aromatic rings. The molecule has 0 saturated heterocycles. The second-order valence-corrected chi connectivity index (χ2v) is 7.96. The molecular formula is C21H24N2O5S. The number of hydrogen-bond acceptors (Lipinski definition) is 5. The highest BCUT2D eigenvalue weighted by molar-refractivity contribution is 7.95. The Bertz CT molecular complexity index is 954. The number of nitrogens with one attached hydrogen (secondary N) is 2. The van der Waals surface area contributed by atoms with Gasteiger partial charge in [-0.3, -0.25) is 9.52 Å². The van der Waals surface area contributed by atoms with Gasteiger partial charge in [0.2, 0.25) is 0 Å². The molecule has 7 nitrogen and oxygen atoms in total. The standard InChI is InChI=1S/C21H24N2O5S/c1-3-16(2)22-20(24)15-28-21(25)18-9-11-19(12-10-18)23-29(26,27)14-13-17-7-5-4-6-8-17/h4-14,16,23H,3,15H2,1-2H3,(H,22,24)/b14-13+/t16-/m0/s1. The Kier molecular flexibility index (Phi) is 7.97. The van der Waals surface area contributed by atoms with Crippen molar-refractivity contribution in [2.24, 2.45) is 0 Å². The van der Waals surface area contributed by atoms with Crippen LogP contribution in [0.25, 0.3) is 6.08 Å². The topological polar surface area (TPSA) is 102 Å². The molecule has 2 rings (SSSR count). The normalized spacial score (nSPS) is 12.3. The minimum absolute atomic E-state index is 0.00412. The highest BCUT2D eigenvalue weighted by atomic mass is 32.2. The van der Waals surface area contributed by atoms with Gasteiger partial charge in [0.05, 0.1) is 11.0 Å². The predicted molar refractivity (Wildman–Crippen MR) is 113 cm³/mol. The molecule has 0 saturated carbocycles. The molecule has 0 aliphatic heterocycles. The molecule has 0 radical (unpaired) electrons. The summed E-state index contributed by atoms with van der Waals surface area (Å²) in [4.78, 5) is 23.7. The van der Waals surface area contributed by atoms with Gasteiger partial charge in [-0.1, -0.05) is 37.3 Å². The predicted octanol–water partition coefficient (Wildman–Crippen LogP) is 3.17. The zero-order valence-corrected chi connectivity index (χ0v) is 17.1. The van der Waals surface area contributed by atoms with E-state index in [2.05, 4.69) is 10.0 Å². The summed E-state index contributed by atoms with van der Waals surface area (Å²) in [5.41, 5.74) is 1.27. The molecule has 8 heteroatoms. The van der Waals surface area contributed by atoms with E-state index in [1.54, 1.807) is 12.1 Å². The van der Waals surface area contributed by atoms with Crippen LogP contribution in [-0.2, 0) is 19.6 Å². The molecule has 29 heavy (non-hydrogen) atoms. The third-order valence-electron chi connectivity index (χ3n) is 3.97. The molecule has 2 aromatic carbocycles. The molecule has 1 atom stereocenters. The Hall–Kier alpha value is -3.13. The van der Waals surface area contributed by atoms with Gasteiger partial charge in [0, 0.05) is 11.7 Å². The quantitative estimate of drug-likeness (QED) is 0.612.